The number of morpholine rings is 1. The van der Waals surface area contributed by atoms with Crippen LogP contribution in [0.1, 0.15) is 6.42 Å². The Labute approximate surface area is 195 Å². The molecular formula is C24H33N5O4. The van der Waals surface area contributed by atoms with Crippen LogP contribution in [0.5, 0.6) is 17.4 Å². The fourth-order valence-corrected chi connectivity index (χ4v) is 4.39. The summed E-state index contributed by atoms with van der Waals surface area (Å²) in [5.41, 5.74) is 0. The van der Waals surface area contributed by atoms with E-state index in [4.69, 9.17) is 18.9 Å². The quantitative estimate of drug-likeness (QED) is 0.618. The summed E-state index contributed by atoms with van der Waals surface area (Å²) in [5, 5.41) is 0. The van der Waals surface area contributed by atoms with Gasteiger partial charge in [0.05, 0.1) is 13.2 Å². The zero-order valence-electron chi connectivity index (χ0n) is 19.1. The third-order valence-corrected chi connectivity index (χ3v) is 6.31. The molecule has 0 N–H and O–H groups in total. The third kappa shape index (κ3) is 6.04. The molecule has 1 atom stereocenters. The Bertz CT molecular complexity index is 895. The van der Waals surface area contributed by atoms with Crippen molar-refractivity contribution < 1.29 is 18.9 Å². The number of ether oxygens (including phenoxy) is 4. The van der Waals surface area contributed by atoms with Gasteiger partial charge in [0.2, 0.25) is 11.8 Å². The number of para-hydroxylation sites is 2. The molecular weight excluding hydrogens is 422 g/mol. The molecule has 3 aliphatic rings. The molecule has 0 bridgehead atoms. The van der Waals surface area contributed by atoms with E-state index in [1.54, 1.807) is 12.3 Å². The van der Waals surface area contributed by atoms with Crippen molar-refractivity contribution >= 4 is 5.95 Å². The van der Waals surface area contributed by atoms with Gasteiger partial charge in [-0.15, -0.1) is 0 Å². The van der Waals surface area contributed by atoms with Gasteiger partial charge < -0.3 is 28.7 Å². The zero-order valence-corrected chi connectivity index (χ0v) is 19.1. The lowest BCUT2D eigenvalue weighted by Crippen LogP contribution is -2.42. The van der Waals surface area contributed by atoms with Gasteiger partial charge in [-0.05, 0) is 25.1 Å². The number of fused-ring (bicyclic) bond motifs is 1. The van der Waals surface area contributed by atoms with Crippen LogP contribution in [-0.4, -0.2) is 105 Å². The second-order valence-electron chi connectivity index (χ2n) is 8.64. The summed E-state index contributed by atoms with van der Waals surface area (Å²) in [6.45, 7) is 10.9. The van der Waals surface area contributed by atoms with E-state index in [1.807, 2.05) is 24.3 Å². The Morgan fingerprint density at radius 3 is 2.61 bits per heavy atom. The molecule has 1 aromatic carbocycles. The molecule has 0 radical (unpaired) electrons. The maximum Gasteiger partial charge on any atom is 0.228 e. The third-order valence-electron chi connectivity index (χ3n) is 6.31. The van der Waals surface area contributed by atoms with Gasteiger partial charge in [0, 0.05) is 58.1 Å². The first-order valence-corrected chi connectivity index (χ1v) is 12.0. The lowest BCUT2D eigenvalue weighted by Gasteiger charge is -2.29. The normalized spacial score (nSPS) is 22.1. The van der Waals surface area contributed by atoms with E-state index in [-0.39, 0.29) is 6.10 Å². The van der Waals surface area contributed by atoms with Crippen molar-refractivity contribution in [2.24, 2.45) is 0 Å². The Balaban J connectivity index is 1.10. The molecule has 2 aromatic rings. The lowest BCUT2D eigenvalue weighted by molar-refractivity contribution is 0.0337. The predicted molar refractivity (Wildman–Crippen MR) is 124 cm³/mol. The van der Waals surface area contributed by atoms with Crippen LogP contribution in [0.4, 0.5) is 5.95 Å². The van der Waals surface area contributed by atoms with E-state index in [1.165, 1.54) is 0 Å². The molecule has 2 saturated heterocycles. The molecule has 0 saturated carbocycles. The van der Waals surface area contributed by atoms with Crippen LogP contribution in [-0.2, 0) is 4.74 Å². The fraction of sp³-hybridized carbons (Fsp3) is 0.583. The summed E-state index contributed by atoms with van der Waals surface area (Å²) >= 11 is 0. The number of hydrogen-bond acceptors (Lipinski definition) is 9. The molecule has 2 fully saturated rings. The molecule has 1 aromatic heterocycles. The van der Waals surface area contributed by atoms with E-state index in [2.05, 4.69) is 24.7 Å². The van der Waals surface area contributed by atoms with Crippen LogP contribution in [0.3, 0.4) is 0 Å². The van der Waals surface area contributed by atoms with Gasteiger partial charge in [0.1, 0.15) is 13.2 Å². The molecule has 9 heteroatoms. The first kappa shape index (κ1) is 22.2. The summed E-state index contributed by atoms with van der Waals surface area (Å²) in [6.07, 6.45) is 2.70. The molecule has 1 unspecified atom stereocenters. The Kier molecular flexibility index (Phi) is 7.40. The molecule has 33 heavy (non-hydrogen) atoms. The molecule has 9 nitrogen and oxygen atoms in total. The van der Waals surface area contributed by atoms with Crippen LogP contribution >= 0.6 is 0 Å². The van der Waals surface area contributed by atoms with Crippen molar-refractivity contribution in [3.05, 3.63) is 36.5 Å². The Hall–Kier alpha value is -2.62. The monoisotopic (exact) mass is 455 g/mol. The van der Waals surface area contributed by atoms with Crippen LogP contribution in [0.2, 0.25) is 0 Å². The molecule has 3 aliphatic heterocycles. The first-order chi connectivity index (χ1) is 16.3. The summed E-state index contributed by atoms with van der Waals surface area (Å²) < 4.78 is 23.1. The van der Waals surface area contributed by atoms with E-state index in [9.17, 15) is 0 Å². The summed E-state index contributed by atoms with van der Waals surface area (Å²) in [4.78, 5) is 16.5. The SMILES string of the molecule is c1ccc2c(c1)OCC(COc1ccnc(N3CCCN(CCN4CCOCC4)CC3)n1)O2. The molecule has 0 aliphatic carbocycles. The second-order valence-corrected chi connectivity index (χ2v) is 8.64. The highest BCUT2D eigenvalue weighted by Crippen LogP contribution is 2.31. The van der Waals surface area contributed by atoms with Gasteiger partial charge in [-0.2, -0.15) is 4.98 Å². The second kappa shape index (κ2) is 11.0. The minimum absolute atomic E-state index is 0.170. The van der Waals surface area contributed by atoms with Crippen LogP contribution in [0.25, 0.3) is 0 Å². The van der Waals surface area contributed by atoms with Gasteiger partial charge in [0.25, 0.3) is 0 Å². The van der Waals surface area contributed by atoms with Crippen LogP contribution < -0.4 is 19.1 Å². The predicted octanol–water partition coefficient (Wildman–Crippen LogP) is 1.54. The van der Waals surface area contributed by atoms with E-state index >= 15 is 0 Å². The summed E-state index contributed by atoms with van der Waals surface area (Å²) in [5.74, 6) is 2.83. The number of hydrogen-bond donors (Lipinski definition) is 0. The molecule has 5 rings (SSSR count). The van der Waals surface area contributed by atoms with Gasteiger partial charge >= 0.3 is 0 Å². The smallest absolute Gasteiger partial charge is 0.228 e. The number of rotatable bonds is 7. The summed E-state index contributed by atoms with van der Waals surface area (Å²) in [6, 6.07) is 9.50. The van der Waals surface area contributed by atoms with Crippen molar-refractivity contribution in [1.82, 2.24) is 19.8 Å². The van der Waals surface area contributed by atoms with Crippen molar-refractivity contribution in [1.29, 1.82) is 0 Å². The average Bonchev–Trinajstić information content (AvgIpc) is 3.13. The summed E-state index contributed by atoms with van der Waals surface area (Å²) in [7, 11) is 0. The minimum Gasteiger partial charge on any atom is -0.486 e. The van der Waals surface area contributed by atoms with E-state index < -0.39 is 0 Å². The lowest BCUT2D eigenvalue weighted by atomic mass is 10.3. The van der Waals surface area contributed by atoms with Crippen LogP contribution in [0, 0.1) is 0 Å². The number of anilines is 1. The van der Waals surface area contributed by atoms with Gasteiger partial charge in [-0.1, -0.05) is 12.1 Å². The highest BCUT2D eigenvalue weighted by Gasteiger charge is 2.22. The number of aromatic nitrogens is 2. The van der Waals surface area contributed by atoms with Gasteiger partial charge in [-0.3, -0.25) is 4.90 Å². The highest BCUT2D eigenvalue weighted by atomic mass is 16.6. The van der Waals surface area contributed by atoms with E-state index in [0.29, 0.717) is 19.1 Å². The van der Waals surface area contributed by atoms with Gasteiger partial charge in [-0.25, -0.2) is 4.98 Å². The number of nitrogens with zero attached hydrogens (tertiary/aromatic N) is 5. The zero-order chi connectivity index (χ0) is 22.3. The first-order valence-electron chi connectivity index (χ1n) is 12.0. The topological polar surface area (TPSA) is 72.4 Å². The van der Waals surface area contributed by atoms with Crippen molar-refractivity contribution in [3.63, 3.8) is 0 Å². The number of benzene rings is 1. The molecule has 0 spiro atoms. The van der Waals surface area contributed by atoms with Crippen LogP contribution in [0.15, 0.2) is 36.5 Å². The van der Waals surface area contributed by atoms with Gasteiger partial charge in [0.15, 0.2) is 17.6 Å². The highest BCUT2D eigenvalue weighted by molar-refractivity contribution is 5.40. The standard InChI is InChI=1S/C24H33N5O4/c1-2-5-22-21(4-1)31-18-20(33-22)19-32-23-6-7-25-24(26-23)29-9-3-8-27(12-13-29)10-11-28-14-16-30-17-15-28/h1-2,4-7,20H,3,8-19H2. The van der Waals surface area contributed by atoms with E-state index in [0.717, 1.165) is 89.4 Å². The molecule has 178 valence electrons. The largest absolute Gasteiger partial charge is 0.486 e. The maximum atomic E-state index is 5.98. The Morgan fingerprint density at radius 1 is 0.909 bits per heavy atom. The maximum absolute atomic E-state index is 5.98. The average molecular weight is 456 g/mol. The van der Waals surface area contributed by atoms with Crippen molar-refractivity contribution in [2.45, 2.75) is 12.5 Å². The van der Waals surface area contributed by atoms with Crippen molar-refractivity contribution in [3.8, 4) is 17.4 Å². The molecule has 4 heterocycles. The Morgan fingerprint density at radius 2 is 1.73 bits per heavy atom. The minimum atomic E-state index is -0.170. The molecule has 0 amide bonds. The van der Waals surface area contributed by atoms with Crippen molar-refractivity contribution in [2.75, 3.05) is 83.7 Å². The fourth-order valence-electron chi connectivity index (χ4n) is 4.39.